The van der Waals surface area contributed by atoms with Gasteiger partial charge in [-0.05, 0) is 41.3 Å². The highest BCUT2D eigenvalue weighted by molar-refractivity contribution is 5.72. The largest absolute Gasteiger partial charge is 0.496 e. The highest BCUT2D eigenvalue weighted by Gasteiger charge is 2.28. The van der Waals surface area contributed by atoms with Gasteiger partial charge in [-0.25, -0.2) is 0 Å². The normalized spacial score (nSPS) is 12.8. The van der Waals surface area contributed by atoms with E-state index in [0.29, 0.717) is 6.54 Å². The lowest BCUT2D eigenvalue weighted by Gasteiger charge is -2.37. The van der Waals surface area contributed by atoms with Gasteiger partial charge in [0.25, 0.3) is 0 Å². The Morgan fingerprint density at radius 3 is 2.14 bits per heavy atom. The van der Waals surface area contributed by atoms with Gasteiger partial charge in [0, 0.05) is 24.2 Å². The molecule has 4 heteroatoms. The Hall–Kier alpha value is -3.89. The minimum atomic E-state index is -0.823. The maximum Gasteiger partial charge on any atom is 0.305 e. The molecule has 0 spiro atoms. The predicted octanol–water partition coefficient (Wildman–Crippen LogP) is 7.14. The van der Waals surface area contributed by atoms with Crippen LogP contribution in [0.3, 0.4) is 0 Å². The van der Waals surface area contributed by atoms with Crippen LogP contribution in [0.25, 0.3) is 11.1 Å². The van der Waals surface area contributed by atoms with Crippen molar-refractivity contribution in [2.24, 2.45) is 0 Å². The number of para-hydroxylation sites is 1. The fourth-order valence-corrected chi connectivity index (χ4v) is 4.62. The van der Waals surface area contributed by atoms with Crippen LogP contribution in [0.2, 0.25) is 0 Å². The van der Waals surface area contributed by atoms with Crippen molar-refractivity contribution in [3.63, 3.8) is 0 Å². The number of aliphatic carboxylic acids is 1. The van der Waals surface area contributed by atoms with E-state index in [9.17, 15) is 9.90 Å². The fraction of sp³-hybridized carbons (Fsp3) is 0.194. The van der Waals surface area contributed by atoms with Crippen molar-refractivity contribution in [1.82, 2.24) is 4.90 Å². The van der Waals surface area contributed by atoms with Gasteiger partial charge in [0.05, 0.1) is 13.5 Å². The van der Waals surface area contributed by atoms with E-state index < -0.39 is 5.97 Å². The van der Waals surface area contributed by atoms with E-state index >= 15 is 0 Å². The molecule has 0 aliphatic rings. The minimum absolute atomic E-state index is 0.000610. The van der Waals surface area contributed by atoms with Gasteiger partial charge in [0.2, 0.25) is 0 Å². The first-order valence-electron chi connectivity index (χ1n) is 11.9. The summed E-state index contributed by atoms with van der Waals surface area (Å²) in [5.41, 5.74) is 5.25. The van der Waals surface area contributed by atoms with E-state index in [1.807, 2.05) is 78.9 Å². The third-order valence-electron chi connectivity index (χ3n) is 6.45. The number of carboxylic acids is 1. The predicted molar refractivity (Wildman–Crippen MR) is 140 cm³/mol. The van der Waals surface area contributed by atoms with Gasteiger partial charge in [-0.1, -0.05) is 97.1 Å². The zero-order valence-electron chi connectivity index (χ0n) is 20.2. The summed E-state index contributed by atoms with van der Waals surface area (Å²) in [6.07, 6.45) is -0.000610. The molecule has 0 aromatic heterocycles. The highest BCUT2D eigenvalue weighted by Crippen LogP contribution is 2.37. The first-order valence-corrected chi connectivity index (χ1v) is 11.9. The number of ether oxygens (including phenoxy) is 1. The van der Waals surface area contributed by atoms with Gasteiger partial charge < -0.3 is 9.84 Å². The Kier molecular flexibility index (Phi) is 7.96. The molecule has 2 atom stereocenters. The number of carboxylic acid groups (broad SMARTS) is 1. The van der Waals surface area contributed by atoms with Gasteiger partial charge in [-0.15, -0.1) is 0 Å². The monoisotopic (exact) mass is 465 g/mol. The molecular formula is C31H31NO3. The smallest absolute Gasteiger partial charge is 0.305 e. The van der Waals surface area contributed by atoms with Crippen LogP contribution in [0.5, 0.6) is 5.75 Å². The number of hydrogen-bond acceptors (Lipinski definition) is 3. The first-order chi connectivity index (χ1) is 17.1. The number of carbonyl (C=O) groups is 1. The molecule has 0 amide bonds. The lowest BCUT2D eigenvalue weighted by atomic mass is 9.94. The fourth-order valence-electron chi connectivity index (χ4n) is 4.62. The van der Waals surface area contributed by atoms with Crippen LogP contribution >= 0.6 is 0 Å². The second kappa shape index (κ2) is 11.5. The molecule has 4 rings (SSSR count). The molecule has 0 heterocycles. The molecular weight excluding hydrogens is 434 g/mol. The number of nitrogens with zero attached hydrogens (tertiary/aromatic N) is 1. The molecule has 0 aliphatic heterocycles. The Morgan fingerprint density at radius 2 is 1.46 bits per heavy atom. The van der Waals surface area contributed by atoms with E-state index in [4.69, 9.17) is 4.74 Å². The highest BCUT2D eigenvalue weighted by atomic mass is 16.5. The summed E-state index contributed by atoms with van der Waals surface area (Å²) in [5, 5.41) is 9.93. The number of benzene rings is 4. The number of hydrogen-bond donors (Lipinski definition) is 1. The van der Waals surface area contributed by atoms with Crippen LogP contribution in [-0.2, 0) is 11.3 Å². The average Bonchev–Trinajstić information content (AvgIpc) is 2.91. The lowest BCUT2D eigenvalue weighted by Crippen LogP contribution is -2.32. The summed E-state index contributed by atoms with van der Waals surface area (Å²) >= 11 is 0. The molecule has 0 fully saturated rings. The van der Waals surface area contributed by atoms with Crippen LogP contribution in [0.15, 0.2) is 109 Å². The van der Waals surface area contributed by atoms with E-state index in [2.05, 4.69) is 42.2 Å². The van der Waals surface area contributed by atoms with Crippen LogP contribution in [0.4, 0.5) is 0 Å². The van der Waals surface area contributed by atoms with Crippen molar-refractivity contribution < 1.29 is 14.6 Å². The summed E-state index contributed by atoms with van der Waals surface area (Å²) in [4.78, 5) is 14.4. The van der Waals surface area contributed by atoms with Gasteiger partial charge in [-0.3, -0.25) is 9.69 Å². The SMILES string of the molecule is COc1ccccc1-c1cccc(C(CC(=O)O)N(Cc2ccccc2)C(C)c2ccccc2)c1. The topological polar surface area (TPSA) is 49.8 Å². The Labute approximate surface area is 207 Å². The van der Waals surface area contributed by atoms with Gasteiger partial charge in [-0.2, -0.15) is 0 Å². The third-order valence-corrected chi connectivity index (χ3v) is 6.45. The first kappa shape index (κ1) is 24.2. The molecule has 4 nitrogen and oxygen atoms in total. The van der Waals surface area contributed by atoms with Crippen molar-refractivity contribution in [2.45, 2.75) is 32.0 Å². The molecule has 1 N–H and O–H groups in total. The molecule has 0 bridgehead atoms. The second-order valence-corrected chi connectivity index (χ2v) is 8.68. The number of rotatable bonds is 10. The molecule has 0 aliphatic carbocycles. The minimum Gasteiger partial charge on any atom is -0.496 e. The van der Waals surface area contributed by atoms with Crippen LogP contribution in [-0.4, -0.2) is 23.1 Å². The summed E-state index contributed by atoms with van der Waals surface area (Å²) in [6, 6.07) is 36.3. The molecule has 0 radical (unpaired) electrons. The van der Waals surface area contributed by atoms with Gasteiger partial charge in [0.15, 0.2) is 0 Å². The second-order valence-electron chi connectivity index (χ2n) is 8.68. The maximum atomic E-state index is 12.1. The number of methoxy groups -OCH3 is 1. The van der Waals surface area contributed by atoms with Crippen molar-refractivity contribution in [3.05, 3.63) is 126 Å². The van der Waals surface area contributed by atoms with Crippen molar-refractivity contribution in [1.29, 1.82) is 0 Å². The van der Waals surface area contributed by atoms with Crippen molar-refractivity contribution >= 4 is 5.97 Å². The molecule has 178 valence electrons. The van der Waals surface area contributed by atoms with E-state index in [1.54, 1.807) is 7.11 Å². The zero-order chi connectivity index (χ0) is 24.6. The van der Waals surface area contributed by atoms with Crippen LogP contribution in [0.1, 0.15) is 42.1 Å². The van der Waals surface area contributed by atoms with E-state index in [1.165, 1.54) is 0 Å². The Morgan fingerprint density at radius 1 is 0.829 bits per heavy atom. The van der Waals surface area contributed by atoms with Crippen LogP contribution < -0.4 is 4.74 Å². The zero-order valence-corrected chi connectivity index (χ0v) is 20.2. The van der Waals surface area contributed by atoms with Gasteiger partial charge >= 0.3 is 5.97 Å². The Bertz CT molecular complexity index is 1240. The summed E-state index contributed by atoms with van der Waals surface area (Å²) in [6.45, 7) is 2.78. The Balaban J connectivity index is 1.79. The molecule has 2 unspecified atom stereocenters. The molecule has 35 heavy (non-hydrogen) atoms. The van der Waals surface area contributed by atoms with Crippen LogP contribution in [0, 0.1) is 0 Å². The van der Waals surface area contributed by atoms with E-state index in [0.717, 1.165) is 33.6 Å². The molecule has 0 saturated heterocycles. The van der Waals surface area contributed by atoms with Gasteiger partial charge in [0.1, 0.15) is 5.75 Å². The average molecular weight is 466 g/mol. The maximum absolute atomic E-state index is 12.1. The molecule has 4 aromatic carbocycles. The summed E-state index contributed by atoms with van der Waals surface area (Å²) in [7, 11) is 1.67. The quantitative estimate of drug-likeness (QED) is 0.270. The van der Waals surface area contributed by atoms with Crippen molar-refractivity contribution in [2.75, 3.05) is 7.11 Å². The summed E-state index contributed by atoms with van der Waals surface area (Å²) < 4.78 is 5.58. The summed E-state index contributed by atoms with van der Waals surface area (Å²) in [5.74, 6) is -0.0331. The lowest BCUT2D eigenvalue weighted by molar-refractivity contribution is -0.138. The van der Waals surface area contributed by atoms with Crippen molar-refractivity contribution in [3.8, 4) is 16.9 Å². The van der Waals surface area contributed by atoms with E-state index in [-0.39, 0.29) is 18.5 Å². The molecule has 0 saturated carbocycles. The third kappa shape index (κ3) is 5.97. The molecule has 4 aromatic rings. The standard InChI is InChI=1S/C31H31NO3/c1-23(25-14-7-4-8-15-25)32(22-24-12-5-3-6-13-24)29(21-31(33)34)27-17-11-16-26(20-27)28-18-9-10-19-30(28)35-2/h3-20,23,29H,21-22H2,1-2H3,(H,33,34).